The molecule has 0 radical (unpaired) electrons. The molecule has 4 aromatic heterocycles. The molecule has 0 fully saturated rings. The highest BCUT2D eigenvalue weighted by atomic mass is 16.1. The van der Waals surface area contributed by atoms with Gasteiger partial charge in [0, 0.05) is 34.6 Å². The lowest BCUT2D eigenvalue weighted by Crippen LogP contribution is -2.13. The Morgan fingerprint density at radius 2 is 1.74 bits per heavy atom. The molecular weight excluding hydrogens is 426 g/mol. The Morgan fingerprint density at radius 1 is 0.824 bits per heavy atom. The van der Waals surface area contributed by atoms with Crippen LogP contribution in [-0.4, -0.2) is 35.7 Å². The van der Waals surface area contributed by atoms with Crippen LogP contribution in [0.1, 0.15) is 10.5 Å². The largest absolute Gasteiger partial charge is 0.321 e. The number of aromatic nitrogens is 6. The van der Waals surface area contributed by atoms with Crippen molar-refractivity contribution < 1.29 is 4.79 Å². The van der Waals surface area contributed by atoms with E-state index in [-0.39, 0.29) is 5.91 Å². The van der Waals surface area contributed by atoms with Crippen LogP contribution < -0.4 is 5.32 Å². The number of fused-ring (bicyclic) bond motifs is 2. The number of hydrogen-bond acceptors (Lipinski definition) is 6. The highest BCUT2D eigenvalue weighted by molar-refractivity contribution is 6.04. The van der Waals surface area contributed by atoms with Gasteiger partial charge in [0.25, 0.3) is 5.91 Å². The molecule has 1 amide bonds. The maximum Gasteiger partial charge on any atom is 0.274 e. The van der Waals surface area contributed by atoms with Gasteiger partial charge in [0.1, 0.15) is 5.69 Å². The summed E-state index contributed by atoms with van der Waals surface area (Å²) >= 11 is 0. The second-order valence-electron chi connectivity index (χ2n) is 7.68. The molecule has 0 atom stereocenters. The number of anilines is 1. The quantitative estimate of drug-likeness (QED) is 0.426. The van der Waals surface area contributed by atoms with Gasteiger partial charge < -0.3 is 5.32 Å². The Hall–Kier alpha value is -4.98. The SMILES string of the molecule is O=C(Nc1cccc(-c2ccc3nnc(-c4cccnc4)n3n2)c1)c1ccc2ccccc2n1. The molecule has 0 unspecified atom stereocenters. The zero-order valence-electron chi connectivity index (χ0n) is 17.8. The molecule has 0 aliphatic carbocycles. The van der Waals surface area contributed by atoms with E-state index in [2.05, 4.69) is 25.5 Å². The second kappa shape index (κ2) is 8.18. The van der Waals surface area contributed by atoms with E-state index in [1.165, 1.54) is 0 Å². The lowest BCUT2D eigenvalue weighted by atomic mass is 10.1. The van der Waals surface area contributed by atoms with Crippen molar-refractivity contribution in [3.8, 4) is 22.6 Å². The van der Waals surface area contributed by atoms with E-state index in [4.69, 9.17) is 5.10 Å². The van der Waals surface area contributed by atoms with Crippen molar-refractivity contribution in [2.24, 2.45) is 0 Å². The van der Waals surface area contributed by atoms with Gasteiger partial charge in [0.15, 0.2) is 11.5 Å². The number of hydrogen-bond donors (Lipinski definition) is 1. The third kappa shape index (κ3) is 3.63. The van der Waals surface area contributed by atoms with E-state index < -0.39 is 0 Å². The summed E-state index contributed by atoms with van der Waals surface area (Å²) in [7, 11) is 0. The first-order chi connectivity index (χ1) is 16.7. The molecule has 6 aromatic rings. The molecule has 0 saturated carbocycles. The van der Waals surface area contributed by atoms with Crippen LogP contribution in [0.3, 0.4) is 0 Å². The Bertz CT molecular complexity index is 1660. The number of carbonyl (C=O) groups is 1. The molecule has 1 N–H and O–H groups in total. The zero-order valence-corrected chi connectivity index (χ0v) is 17.8. The van der Waals surface area contributed by atoms with Gasteiger partial charge in [-0.1, -0.05) is 36.4 Å². The second-order valence-corrected chi connectivity index (χ2v) is 7.68. The number of amides is 1. The third-order valence-electron chi connectivity index (χ3n) is 5.43. The summed E-state index contributed by atoms with van der Waals surface area (Å²) in [4.78, 5) is 21.5. The van der Waals surface area contributed by atoms with Gasteiger partial charge in [0.2, 0.25) is 0 Å². The molecule has 2 aromatic carbocycles. The monoisotopic (exact) mass is 443 g/mol. The van der Waals surface area contributed by atoms with Crippen molar-refractivity contribution in [1.29, 1.82) is 0 Å². The molecule has 0 saturated heterocycles. The van der Waals surface area contributed by atoms with Crippen molar-refractivity contribution in [3.63, 3.8) is 0 Å². The molecule has 8 heteroatoms. The average molecular weight is 443 g/mol. The standard InChI is InChI=1S/C26H17N7O/c34-26(23-11-10-17-5-1-2-9-21(17)29-23)28-20-8-3-6-18(15-20)22-12-13-24-30-31-25(33(24)32-22)19-7-4-14-27-16-19/h1-16H,(H,28,34). The summed E-state index contributed by atoms with van der Waals surface area (Å²) in [5.41, 5.74) is 4.80. The molecule has 8 nitrogen and oxygen atoms in total. The maximum atomic E-state index is 12.8. The molecule has 0 aliphatic rings. The fourth-order valence-corrected chi connectivity index (χ4v) is 3.76. The van der Waals surface area contributed by atoms with Gasteiger partial charge in [-0.05, 0) is 48.5 Å². The summed E-state index contributed by atoms with van der Waals surface area (Å²) in [6.07, 6.45) is 3.43. The predicted octanol–water partition coefficient (Wildman–Crippen LogP) is 4.65. The minimum atomic E-state index is -0.274. The molecule has 0 aliphatic heterocycles. The highest BCUT2D eigenvalue weighted by Crippen LogP contribution is 2.23. The van der Waals surface area contributed by atoms with E-state index in [0.29, 0.717) is 22.9 Å². The van der Waals surface area contributed by atoms with E-state index >= 15 is 0 Å². The third-order valence-corrected chi connectivity index (χ3v) is 5.43. The molecular formula is C26H17N7O. The fraction of sp³-hybridized carbons (Fsp3) is 0. The molecule has 0 spiro atoms. The first kappa shape index (κ1) is 19.7. The number of benzene rings is 2. The smallest absolute Gasteiger partial charge is 0.274 e. The summed E-state index contributed by atoms with van der Waals surface area (Å²) in [5, 5.41) is 17.1. The maximum absolute atomic E-state index is 12.8. The number of pyridine rings is 2. The average Bonchev–Trinajstić information content (AvgIpc) is 3.32. The van der Waals surface area contributed by atoms with Crippen molar-refractivity contribution in [2.45, 2.75) is 0 Å². The van der Waals surface area contributed by atoms with Crippen LogP contribution in [0, 0.1) is 0 Å². The van der Waals surface area contributed by atoms with Crippen molar-refractivity contribution >= 4 is 28.1 Å². The van der Waals surface area contributed by atoms with Crippen LogP contribution in [0.15, 0.2) is 97.3 Å². The fourth-order valence-electron chi connectivity index (χ4n) is 3.76. The summed E-state index contributed by atoms with van der Waals surface area (Å²) < 4.78 is 1.69. The Balaban J connectivity index is 1.31. The molecule has 0 bridgehead atoms. The van der Waals surface area contributed by atoms with Crippen LogP contribution >= 0.6 is 0 Å². The van der Waals surface area contributed by atoms with Crippen LogP contribution in [0.25, 0.3) is 39.2 Å². The number of carbonyl (C=O) groups excluding carboxylic acids is 1. The van der Waals surface area contributed by atoms with E-state index in [9.17, 15) is 4.79 Å². The molecule has 4 heterocycles. The number of nitrogens with one attached hydrogen (secondary N) is 1. The van der Waals surface area contributed by atoms with Gasteiger partial charge in [-0.15, -0.1) is 10.2 Å². The predicted molar refractivity (Wildman–Crippen MR) is 129 cm³/mol. The molecule has 6 rings (SSSR count). The summed E-state index contributed by atoms with van der Waals surface area (Å²) in [6.45, 7) is 0. The normalized spacial score (nSPS) is 11.1. The lowest BCUT2D eigenvalue weighted by molar-refractivity contribution is 0.102. The molecule has 162 valence electrons. The van der Waals surface area contributed by atoms with Gasteiger partial charge in [-0.25, -0.2) is 4.98 Å². The number of para-hydroxylation sites is 1. The summed E-state index contributed by atoms with van der Waals surface area (Å²) in [5.74, 6) is 0.334. The van der Waals surface area contributed by atoms with E-state index in [0.717, 1.165) is 27.7 Å². The Kier molecular flexibility index (Phi) is 4.73. The number of rotatable bonds is 4. The van der Waals surface area contributed by atoms with E-state index in [1.807, 2.05) is 78.9 Å². The Labute approximate surface area is 194 Å². The summed E-state index contributed by atoms with van der Waals surface area (Å²) in [6, 6.07) is 26.3. The Morgan fingerprint density at radius 3 is 2.65 bits per heavy atom. The van der Waals surface area contributed by atoms with Crippen molar-refractivity contribution in [3.05, 3.63) is 103 Å². The first-order valence-electron chi connectivity index (χ1n) is 10.6. The van der Waals surface area contributed by atoms with Crippen LogP contribution in [-0.2, 0) is 0 Å². The van der Waals surface area contributed by atoms with E-state index in [1.54, 1.807) is 23.0 Å². The topological polar surface area (TPSA) is 98.0 Å². The molecule has 34 heavy (non-hydrogen) atoms. The van der Waals surface area contributed by atoms with Gasteiger partial charge in [-0.2, -0.15) is 9.61 Å². The highest BCUT2D eigenvalue weighted by Gasteiger charge is 2.12. The van der Waals surface area contributed by atoms with Crippen LogP contribution in [0.4, 0.5) is 5.69 Å². The van der Waals surface area contributed by atoms with Crippen molar-refractivity contribution in [2.75, 3.05) is 5.32 Å². The minimum Gasteiger partial charge on any atom is -0.321 e. The lowest BCUT2D eigenvalue weighted by Gasteiger charge is -2.08. The number of nitrogens with zero attached hydrogens (tertiary/aromatic N) is 6. The van der Waals surface area contributed by atoms with Gasteiger partial charge >= 0.3 is 0 Å². The van der Waals surface area contributed by atoms with Crippen LogP contribution in [0.2, 0.25) is 0 Å². The van der Waals surface area contributed by atoms with Gasteiger partial charge in [-0.3, -0.25) is 9.78 Å². The minimum absolute atomic E-state index is 0.274. The van der Waals surface area contributed by atoms with Crippen molar-refractivity contribution in [1.82, 2.24) is 29.8 Å². The van der Waals surface area contributed by atoms with Gasteiger partial charge in [0.05, 0.1) is 11.2 Å². The first-order valence-corrected chi connectivity index (χ1v) is 10.6. The zero-order chi connectivity index (χ0) is 22.9. The van der Waals surface area contributed by atoms with Crippen LogP contribution in [0.5, 0.6) is 0 Å².